The number of fused-ring (bicyclic) bond motifs is 1. The third-order valence-electron chi connectivity index (χ3n) is 3.96. The lowest BCUT2D eigenvalue weighted by Gasteiger charge is -2.04. The third kappa shape index (κ3) is 3.89. The van der Waals surface area contributed by atoms with Gasteiger partial charge >= 0.3 is 5.97 Å². The number of rotatable bonds is 4. The smallest absolute Gasteiger partial charge is 0.336 e. The van der Waals surface area contributed by atoms with Gasteiger partial charge in [-0.25, -0.2) is 4.79 Å². The molecule has 0 fully saturated rings. The number of esters is 1. The number of benzene rings is 2. The van der Waals surface area contributed by atoms with Crippen LogP contribution in [0.15, 0.2) is 86.6 Å². The van der Waals surface area contributed by atoms with E-state index in [0.717, 1.165) is 5.56 Å². The molecule has 4 rings (SSSR count). The molecule has 2 aromatic heterocycles. The molecule has 6 heteroatoms. The van der Waals surface area contributed by atoms with Gasteiger partial charge < -0.3 is 13.6 Å². The van der Waals surface area contributed by atoms with E-state index in [2.05, 4.69) is 0 Å². The lowest BCUT2D eigenvalue weighted by atomic mass is 10.2. The summed E-state index contributed by atoms with van der Waals surface area (Å²) in [6.07, 6.45) is 4.42. The summed E-state index contributed by atoms with van der Waals surface area (Å²) in [6, 6.07) is 16.4. The lowest BCUT2D eigenvalue weighted by Crippen LogP contribution is -2.05. The van der Waals surface area contributed by atoms with E-state index in [0.29, 0.717) is 27.5 Å². The van der Waals surface area contributed by atoms with Gasteiger partial charge in [0.25, 0.3) is 0 Å². The van der Waals surface area contributed by atoms with Crippen LogP contribution in [-0.4, -0.2) is 5.97 Å². The molecule has 138 valence electrons. The first-order chi connectivity index (χ1) is 13.6. The molecule has 0 bridgehead atoms. The fourth-order valence-electron chi connectivity index (χ4n) is 2.63. The van der Waals surface area contributed by atoms with E-state index in [-0.39, 0.29) is 11.2 Å². The summed E-state index contributed by atoms with van der Waals surface area (Å²) >= 11 is 5.83. The lowest BCUT2D eigenvalue weighted by molar-refractivity contribution is -0.128. The van der Waals surface area contributed by atoms with E-state index in [1.807, 2.05) is 0 Å². The minimum atomic E-state index is -0.564. The van der Waals surface area contributed by atoms with E-state index in [1.165, 1.54) is 24.5 Å². The summed E-state index contributed by atoms with van der Waals surface area (Å²) in [7, 11) is 0. The van der Waals surface area contributed by atoms with Crippen LogP contribution in [0.25, 0.3) is 28.6 Å². The van der Waals surface area contributed by atoms with Gasteiger partial charge in [-0.2, -0.15) is 0 Å². The number of carbonyl (C=O) groups is 1. The largest absolute Gasteiger partial charge is 0.461 e. The van der Waals surface area contributed by atoms with Gasteiger partial charge in [0.05, 0.1) is 11.6 Å². The molecule has 0 amide bonds. The second kappa shape index (κ2) is 7.58. The van der Waals surface area contributed by atoms with Crippen molar-refractivity contribution in [2.75, 3.05) is 0 Å². The van der Waals surface area contributed by atoms with Crippen molar-refractivity contribution in [1.29, 1.82) is 0 Å². The summed E-state index contributed by atoms with van der Waals surface area (Å²) in [6.45, 7) is 0. The number of ether oxygens (including phenoxy) is 1. The van der Waals surface area contributed by atoms with Crippen LogP contribution in [0.3, 0.4) is 0 Å². The number of hydrogen-bond acceptors (Lipinski definition) is 5. The summed E-state index contributed by atoms with van der Waals surface area (Å²) in [5.74, 6) is 0.474. The van der Waals surface area contributed by atoms with Crippen LogP contribution in [0.5, 0.6) is 5.75 Å². The molecule has 0 saturated heterocycles. The second-order valence-corrected chi connectivity index (χ2v) is 6.35. The molecule has 0 aliphatic carbocycles. The van der Waals surface area contributed by atoms with Crippen LogP contribution in [0.1, 0.15) is 5.56 Å². The van der Waals surface area contributed by atoms with E-state index in [4.69, 9.17) is 25.2 Å². The highest BCUT2D eigenvalue weighted by Gasteiger charge is 2.11. The summed E-state index contributed by atoms with van der Waals surface area (Å²) in [5, 5.41) is 0.923. The number of halogens is 1. The maximum Gasteiger partial charge on any atom is 0.336 e. The van der Waals surface area contributed by atoms with Crippen molar-refractivity contribution >= 4 is 34.6 Å². The zero-order valence-corrected chi connectivity index (χ0v) is 15.2. The first kappa shape index (κ1) is 17.8. The minimum absolute atomic E-state index is 0.247. The molecule has 2 heterocycles. The average Bonchev–Trinajstić information content (AvgIpc) is 3.23. The Hall–Kier alpha value is -3.57. The van der Waals surface area contributed by atoms with Crippen LogP contribution < -0.4 is 10.2 Å². The normalized spacial score (nSPS) is 11.2. The molecule has 0 aliphatic heterocycles. The predicted octanol–water partition coefficient (Wildman–Crippen LogP) is 5.33. The van der Waals surface area contributed by atoms with Crippen LogP contribution >= 0.6 is 11.6 Å². The third-order valence-corrected chi connectivity index (χ3v) is 4.21. The Morgan fingerprint density at radius 2 is 1.82 bits per heavy atom. The van der Waals surface area contributed by atoms with Crippen molar-refractivity contribution in [1.82, 2.24) is 0 Å². The van der Waals surface area contributed by atoms with Crippen LogP contribution in [-0.2, 0) is 4.79 Å². The van der Waals surface area contributed by atoms with Crippen molar-refractivity contribution in [3.63, 3.8) is 0 Å². The minimum Gasteiger partial charge on any atom is -0.461 e. The first-order valence-electron chi connectivity index (χ1n) is 8.36. The summed E-state index contributed by atoms with van der Waals surface area (Å²) < 4.78 is 16.2. The number of hydrogen-bond donors (Lipinski definition) is 0. The van der Waals surface area contributed by atoms with Crippen LogP contribution in [0.2, 0.25) is 5.02 Å². The Balaban J connectivity index is 1.55. The Labute approximate surface area is 164 Å². The topological polar surface area (TPSA) is 69.7 Å². The van der Waals surface area contributed by atoms with Crippen molar-refractivity contribution in [3.8, 4) is 17.3 Å². The van der Waals surface area contributed by atoms with Gasteiger partial charge in [-0.3, -0.25) is 4.79 Å². The maximum absolute atomic E-state index is 12.4. The van der Waals surface area contributed by atoms with Gasteiger partial charge in [-0.05, 0) is 54.1 Å². The standard InChI is InChI=1S/C22H13ClO5/c23-15-6-3-14(4-7-15)5-10-22(25)27-16-8-9-19-17(12-16)18(24)13-21(28-19)20-2-1-11-26-20/h1-13H. The Kier molecular flexibility index (Phi) is 4.83. The molecular weight excluding hydrogens is 380 g/mol. The number of furan rings is 1. The van der Waals surface area contributed by atoms with Crippen molar-refractivity contribution in [3.05, 3.63) is 93.8 Å². The molecule has 0 atom stereocenters. The summed E-state index contributed by atoms with van der Waals surface area (Å²) in [4.78, 5) is 24.4. The Bertz CT molecular complexity index is 1220. The van der Waals surface area contributed by atoms with Gasteiger partial charge in [0, 0.05) is 17.2 Å². The molecule has 0 saturated carbocycles. The van der Waals surface area contributed by atoms with Gasteiger partial charge in [0.1, 0.15) is 11.3 Å². The molecule has 0 N–H and O–H groups in total. The fourth-order valence-corrected chi connectivity index (χ4v) is 2.75. The second-order valence-electron chi connectivity index (χ2n) is 5.92. The Morgan fingerprint density at radius 1 is 1.00 bits per heavy atom. The number of carbonyl (C=O) groups excluding carboxylic acids is 1. The highest BCUT2D eigenvalue weighted by Crippen LogP contribution is 2.25. The van der Waals surface area contributed by atoms with E-state index in [1.54, 1.807) is 54.6 Å². The molecule has 0 spiro atoms. The predicted molar refractivity (Wildman–Crippen MR) is 106 cm³/mol. The van der Waals surface area contributed by atoms with Crippen molar-refractivity contribution in [2.24, 2.45) is 0 Å². The quantitative estimate of drug-likeness (QED) is 0.267. The highest BCUT2D eigenvalue weighted by molar-refractivity contribution is 6.30. The fraction of sp³-hybridized carbons (Fsp3) is 0. The monoisotopic (exact) mass is 392 g/mol. The zero-order chi connectivity index (χ0) is 19.5. The van der Waals surface area contributed by atoms with Gasteiger partial charge in [0.2, 0.25) is 0 Å². The van der Waals surface area contributed by atoms with Gasteiger partial charge in [-0.15, -0.1) is 0 Å². The maximum atomic E-state index is 12.4. The van der Waals surface area contributed by atoms with E-state index in [9.17, 15) is 9.59 Å². The van der Waals surface area contributed by atoms with Crippen molar-refractivity contribution < 1.29 is 18.4 Å². The van der Waals surface area contributed by atoms with E-state index >= 15 is 0 Å². The van der Waals surface area contributed by atoms with Gasteiger partial charge in [0.15, 0.2) is 16.9 Å². The molecule has 0 aliphatic rings. The molecule has 28 heavy (non-hydrogen) atoms. The van der Waals surface area contributed by atoms with Crippen molar-refractivity contribution in [2.45, 2.75) is 0 Å². The van der Waals surface area contributed by atoms with Gasteiger partial charge in [-0.1, -0.05) is 23.7 Å². The zero-order valence-electron chi connectivity index (χ0n) is 14.4. The Morgan fingerprint density at radius 3 is 2.57 bits per heavy atom. The molecule has 2 aromatic carbocycles. The van der Waals surface area contributed by atoms with Crippen LogP contribution in [0, 0.1) is 0 Å². The molecule has 4 aromatic rings. The van der Waals surface area contributed by atoms with E-state index < -0.39 is 5.97 Å². The SMILES string of the molecule is O=C(C=Cc1ccc(Cl)cc1)Oc1ccc2oc(-c3ccco3)cc(=O)c2c1. The highest BCUT2D eigenvalue weighted by atomic mass is 35.5. The molecule has 0 unspecified atom stereocenters. The average molecular weight is 393 g/mol. The van der Waals surface area contributed by atoms with Crippen LogP contribution in [0.4, 0.5) is 0 Å². The molecule has 0 radical (unpaired) electrons. The molecule has 5 nitrogen and oxygen atoms in total. The summed E-state index contributed by atoms with van der Waals surface area (Å²) in [5.41, 5.74) is 0.920. The first-order valence-corrected chi connectivity index (χ1v) is 8.73. The molecular formula is C22H13ClO5.